The number of rotatable bonds is 9. The Morgan fingerprint density at radius 1 is 1.17 bits per heavy atom. The average molecular weight is 404 g/mol. The van der Waals surface area contributed by atoms with E-state index in [0.717, 1.165) is 41.1 Å². The summed E-state index contributed by atoms with van der Waals surface area (Å²) in [5.41, 5.74) is 10.5. The second-order valence-electron chi connectivity index (χ2n) is 8.37. The lowest BCUT2D eigenvalue weighted by Crippen LogP contribution is -2.15. The summed E-state index contributed by atoms with van der Waals surface area (Å²) in [6.45, 7) is 1.66. The number of para-hydroxylation sites is 1. The lowest BCUT2D eigenvalue weighted by Gasteiger charge is -2.15. The van der Waals surface area contributed by atoms with Crippen molar-refractivity contribution in [3.63, 3.8) is 0 Å². The highest BCUT2D eigenvalue weighted by Crippen LogP contribution is 2.44. The van der Waals surface area contributed by atoms with Crippen LogP contribution in [-0.4, -0.2) is 43.0 Å². The molecule has 1 heterocycles. The van der Waals surface area contributed by atoms with Crippen molar-refractivity contribution in [1.29, 1.82) is 0 Å². The highest BCUT2D eigenvalue weighted by Gasteiger charge is 2.27. The fourth-order valence-electron chi connectivity index (χ4n) is 3.85. The molecule has 1 fully saturated rings. The Morgan fingerprint density at radius 2 is 1.97 bits per heavy atom. The van der Waals surface area contributed by atoms with Crippen molar-refractivity contribution in [2.75, 3.05) is 27.2 Å². The van der Waals surface area contributed by atoms with Crippen LogP contribution in [0.2, 0.25) is 0 Å². The fourth-order valence-corrected chi connectivity index (χ4v) is 3.85. The molecular weight excluding hydrogens is 374 g/mol. The van der Waals surface area contributed by atoms with Gasteiger partial charge in [0.15, 0.2) is 0 Å². The van der Waals surface area contributed by atoms with Crippen LogP contribution in [0.3, 0.4) is 0 Å². The van der Waals surface area contributed by atoms with E-state index in [0.29, 0.717) is 12.5 Å². The zero-order chi connectivity index (χ0) is 21.1. The summed E-state index contributed by atoms with van der Waals surface area (Å²) in [5, 5.41) is 1.17. The monoisotopic (exact) mass is 403 g/mol. The van der Waals surface area contributed by atoms with Crippen molar-refractivity contribution in [1.82, 2.24) is 9.88 Å². The quantitative estimate of drug-likeness (QED) is 0.545. The lowest BCUT2D eigenvalue weighted by atomic mass is 9.98. The Bertz CT molecular complexity index is 1060. The molecule has 0 atom stereocenters. The molecule has 2 N–H and O–H groups in total. The van der Waals surface area contributed by atoms with E-state index in [4.69, 9.17) is 15.5 Å². The van der Waals surface area contributed by atoms with Crippen LogP contribution in [0.25, 0.3) is 22.2 Å². The van der Waals surface area contributed by atoms with E-state index in [1.54, 1.807) is 0 Å². The first kappa shape index (κ1) is 20.4. The maximum Gasteiger partial charge on any atom is 0.221 e. The molecule has 1 aliphatic carbocycles. The minimum atomic E-state index is -0.329. The van der Waals surface area contributed by atoms with Crippen molar-refractivity contribution < 1.29 is 9.53 Å². The van der Waals surface area contributed by atoms with Crippen molar-refractivity contribution >= 4 is 16.8 Å². The van der Waals surface area contributed by atoms with Gasteiger partial charge in [-0.3, -0.25) is 4.79 Å². The number of nitrogens with zero attached hydrogens (tertiary/aromatic N) is 2. The van der Waals surface area contributed by atoms with Gasteiger partial charge in [-0.15, -0.1) is 0 Å². The minimum Gasteiger partial charge on any atom is -0.493 e. The summed E-state index contributed by atoms with van der Waals surface area (Å²) in [7, 11) is 4.14. The van der Waals surface area contributed by atoms with Crippen molar-refractivity contribution in [3.05, 3.63) is 59.7 Å². The van der Waals surface area contributed by atoms with Gasteiger partial charge >= 0.3 is 0 Å². The third kappa shape index (κ3) is 4.79. The summed E-state index contributed by atoms with van der Waals surface area (Å²) in [6.07, 6.45) is 3.62. The van der Waals surface area contributed by atoms with Crippen LogP contribution in [0.4, 0.5) is 0 Å². The van der Waals surface area contributed by atoms with E-state index in [2.05, 4.69) is 37.2 Å². The lowest BCUT2D eigenvalue weighted by molar-refractivity contribution is -0.117. The molecule has 0 bridgehead atoms. The molecule has 3 aromatic rings. The van der Waals surface area contributed by atoms with Crippen LogP contribution in [0.1, 0.15) is 36.3 Å². The molecule has 2 aromatic carbocycles. The van der Waals surface area contributed by atoms with E-state index in [1.165, 1.54) is 23.8 Å². The van der Waals surface area contributed by atoms with Crippen LogP contribution in [0.5, 0.6) is 5.75 Å². The molecule has 1 saturated carbocycles. The predicted octanol–water partition coefficient (Wildman–Crippen LogP) is 4.14. The maximum atomic E-state index is 11.4. The number of pyridine rings is 1. The summed E-state index contributed by atoms with van der Waals surface area (Å²) < 4.78 is 6.12. The van der Waals surface area contributed by atoms with E-state index in [1.807, 2.05) is 30.3 Å². The third-order valence-electron chi connectivity index (χ3n) is 5.47. The van der Waals surface area contributed by atoms with Gasteiger partial charge in [-0.1, -0.05) is 24.3 Å². The molecule has 1 aromatic heterocycles. The van der Waals surface area contributed by atoms with E-state index < -0.39 is 0 Å². The van der Waals surface area contributed by atoms with Crippen LogP contribution in [-0.2, 0) is 11.2 Å². The Kier molecular flexibility index (Phi) is 6.00. The summed E-state index contributed by atoms with van der Waals surface area (Å²) >= 11 is 0. The number of ether oxygens (including phenoxy) is 1. The smallest absolute Gasteiger partial charge is 0.221 e. The first-order valence-corrected chi connectivity index (χ1v) is 10.6. The number of hydrogen-bond acceptors (Lipinski definition) is 4. The molecule has 0 unspecified atom stereocenters. The van der Waals surface area contributed by atoms with Crippen LogP contribution >= 0.6 is 0 Å². The van der Waals surface area contributed by atoms with Crippen molar-refractivity contribution in [2.45, 2.75) is 31.6 Å². The molecule has 0 spiro atoms. The van der Waals surface area contributed by atoms with Gasteiger partial charge in [-0.2, -0.15) is 0 Å². The Labute approximate surface area is 177 Å². The highest BCUT2D eigenvalue weighted by atomic mass is 16.5. The molecule has 156 valence electrons. The number of nitrogens with two attached hydrogens (primary N) is 1. The first-order chi connectivity index (χ1) is 14.5. The summed E-state index contributed by atoms with van der Waals surface area (Å²) in [6, 6.07) is 16.4. The van der Waals surface area contributed by atoms with Gasteiger partial charge in [-0.25, -0.2) is 4.98 Å². The standard InChI is InChI=1S/C25H29N3O2/c1-28(2)12-5-13-30-24-7-4-3-6-20(24)23-16-21(18-9-10-18)19-11-8-17(15-25(26)29)14-22(19)27-23/h3-4,6-8,11,14,16,18H,5,9-10,12-13,15H2,1-2H3,(H2,26,29). The molecule has 4 rings (SSSR count). The number of aromatic nitrogens is 1. The zero-order valence-electron chi connectivity index (χ0n) is 17.7. The normalized spacial score (nSPS) is 13.7. The summed E-state index contributed by atoms with van der Waals surface area (Å²) in [4.78, 5) is 18.5. The molecule has 0 saturated heterocycles. The summed E-state index contributed by atoms with van der Waals surface area (Å²) in [5.74, 6) is 1.12. The zero-order valence-corrected chi connectivity index (χ0v) is 17.7. The molecule has 1 amide bonds. The molecule has 0 radical (unpaired) electrons. The van der Waals surface area contributed by atoms with Gasteiger partial charge in [0.25, 0.3) is 0 Å². The van der Waals surface area contributed by atoms with Gasteiger partial charge in [0.05, 0.1) is 24.2 Å². The Balaban J connectivity index is 1.71. The van der Waals surface area contributed by atoms with E-state index in [9.17, 15) is 4.79 Å². The van der Waals surface area contributed by atoms with Gasteiger partial charge in [0.1, 0.15) is 5.75 Å². The Morgan fingerprint density at radius 3 is 2.70 bits per heavy atom. The second kappa shape index (κ2) is 8.84. The van der Waals surface area contributed by atoms with E-state index in [-0.39, 0.29) is 12.3 Å². The predicted molar refractivity (Wildman–Crippen MR) is 121 cm³/mol. The Hall–Kier alpha value is -2.92. The van der Waals surface area contributed by atoms with Crippen LogP contribution in [0, 0.1) is 0 Å². The van der Waals surface area contributed by atoms with Gasteiger partial charge in [0, 0.05) is 17.5 Å². The number of benzene rings is 2. The molecule has 0 aliphatic heterocycles. The second-order valence-corrected chi connectivity index (χ2v) is 8.37. The largest absolute Gasteiger partial charge is 0.493 e. The number of hydrogen-bond donors (Lipinski definition) is 1. The number of primary amides is 1. The SMILES string of the molecule is CN(C)CCCOc1ccccc1-c1cc(C2CC2)c2ccc(CC(N)=O)cc2n1. The average Bonchev–Trinajstić information content (AvgIpc) is 3.55. The van der Waals surface area contributed by atoms with Crippen LogP contribution < -0.4 is 10.5 Å². The molecule has 5 heteroatoms. The maximum absolute atomic E-state index is 11.4. The molecule has 30 heavy (non-hydrogen) atoms. The minimum absolute atomic E-state index is 0.228. The third-order valence-corrected chi connectivity index (χ3v) is 5.47. The van der Waals surface area contributed by atoms with Gasteiger partial charge < -0.3 is 15.4 Å². The topological polar surface area (TPSA) is 68.5 Å². The number of amides is 1. The number of carbonyl (C=O) groups excluding carboxylic acids is 1. The molecule has 5 nitrogen and oxygen atoms in total. The van der Waals surface area contributed by atoms with Crippen molar-refractivity contribution in [2.24, 2.45) is 5.73 Å². The fraction of sp³-hybridized carbons (Fsp3) is 0.360. The number of fused-ring (bicyclic) bond motifs is 1. The number of carbonyl (C=O) groups is 1. The molecule has 1 aliphatic rings. The van der Waals surface area contributed by atoms with Crippen molar-refractivity contribution in [3.8, 4) is 17.0 Å². The van der Waals surface area contributed by atoms with Gasteiger partial charge in [-0.05, 0) is 74.7 Å². The highest BCUT2D eigenvalue weighted by molar-refractivity contribution is 5.88. The van der Waals surface area contributed by atoms with Crippen LogP contribution in [0.15, 0.2) is 48.5 Å². The van der Waals surface area contributed by atoms with E-state index >= 15 is 0 Å². The molecular formula is C25H29N3O2. The first-order valence-electron chi connectivity index (χ1n) is 10.6. The van der Waals surface area contributed by atoms with Gasteiger partial charge in [0.2, 0.25) is 5.91 Å².